The quantitative estimate of drug-likeness (QED) is 0.721. The molecular formula is C16H18BrF3N3O+. The van der Waals surface area contributed by atoms with Crippen LogP contribution in [0.25, 0.3) is 0 Å². The van der Waals surface area contributed by atoms with Crippen molar-refractivity contribution in [3.05, 3.63) is 34.3 Å². The Morgan fingerprint density at radius 1 is 1.17 bits per heavy atom. The van der Waals surface area contributed by atoms with Gasteiger partial charge in [-0.25, -0.2) is 0 Å². The molecule has 0 saturated carbocycles. The Labute approximate surface area is 146 Å². The van der Waals surface area contributed by atoms with E-state index in [4.69, 9.17) is 4.74 Å². The molecule has 0 amide bonds. The van der Waals surface area contributed by atoms with Crippen LogP contribution in [0.3, 0.4) is 0 Å². The number of hydrogen-bond acceptors (Lipinski definition) is 3. The molecule has 0 radical (unpaired) electrons. The fourth-order valence-electron chi connectivity index (χ4n) is 2.79. The van der Waals surface area contributed by atoms with Crippen LogP contribution in [-0.4, -0.2) is 66.6 Å². The highest BCUT2D eigenvalue weighted by Gasteiger charge is 2.44. The van der Waals surface area contributed by atoms with Gasteiger partial charge in [0.15, 0.2) is 12.3 Å². The van der Waals surface area contributed by atoms with E-state index in [0.717, 1.165) is 23.1 Å². The van der Waals surface area contributed by atoms with Gasteiger partial charge < -0.3 is 4.74 Å². The molecule has 0 spiro atoms. The molecule has 1 aromatic carbocycles. The molecule has 24 heavy (non-hydrogen) atoms. The van der Waals surface area contributed by atoms with E-state index in [1.165, 1.54) is 4.68 Å². The van der Waals surface area contributed by atoms with E-state index < -0.39 is 11.9 Å². The van der Waals surface area contributed by atoms with Gasteiger partial charge in [0, 0.05) is 28.2 Å². The number of hydrazone groups is 1. The van der Waals surface area contributed by atoms with Crippen molar-refractivity contribution in [2.24, 2.45) is 5.10 Å². The second-order valence-corrected chi connectivity index (χ2v) is 6.67. The fourth-order valence-corrected chi connectivity index (χ4v) is 3.05. The van der Waals surface area contributed by atoms with Gasteiger partial charge in [-0.1, -0.05) is 20.6 Å². The first-order valence-corrected chi connectivity index (χ1v) is 8.57. The fraction of sp³-hybridized carbons (Fsp3) is 0.500. The molecule has 1 saturated heterocycles. The summed E-state index contributed by atoms with van der Waals surface area (Å²) in [6.07, 6.45) is -4.58. The van der Waals surface area contributed by atoms with E-state index in [2.05, 4.69) is 25.9 Å². The molecule has 0 unspecified atom stereocenters. The molecule has 0 aliphatic carbocycles. The van der Waals surface area contributed by atoms with Gasteiger partial charge in [-0.3, -0.25) is 4.90 Å². The zero-order valence-corrected chi connectivity index (χ0v) is 14.6. The largest absolute Gasteiger partial charge is 0.435 e. The minimum atomic E-state index is -4.39. The topological polar surface area (TPSA) is 27.8 Å². The summed E-state index contributed by atoms with van der Waals surface area (Å²) in [5.74, 6) is 0. The van der Waals surface area contributed by atoms with E-state index >= 15 is 0 Å². The molecule has 3 rings (SSSR count). The molecule has 2 aliphatic rings. The maximum absolute atomic E-state index is 13.1. The molecule has 0 atom stereocenters. The standard InChI is InChI=1S/C16H18BrF3N3O/c17-13-3-1-12(2-4-13)14-11-15(16(18,19)20)21-23(14)6-5-22-7-9-24-10-8-22/h1-4H,5-11H2/q+1. The summed E-state index contributed by atoms with van der Waals surface area (Å²) in [4.78, 5) is 2.18. The van der Waals surface area contributed by atoms with Crippen molar-refractivity contribution in [3.63, 3.8) is 0 Å². The average Bonchev–Trinajstić information content (AvgIpc) is 2.99. The SMILES string of the molecule is FC(F)(F)C1=N[N+](CCN2CCOCC2)=C(c2ccc(Br)cc2)C1. The van der Waals surface area contributed by atoms with Crippen LogP contribution in [-0.2, 0) is 4.74 Å². The van der Waals surface area contributed by atoms with Crippen LogP contribution in [0.2, 0.25) is 0 Å². The van der Waals surface area contributed by atoms with E-state index in [9.17, 15) is 13.2 Å². The van der Waals surface area contributed by atoms with Gasteiger partial charge in [0.2, 0.25) is 5.71 Å². The normalized spacial score (nSPS) is 19.8. The minimum absolute atomic E-state index is 0.186. The molecule has 0 aromatic heterocycles. The molecule has 1 aromatic rings. The number of benzene rings is 1. The van der Waals surface area contributed by atoms with Crippen molar-refractivity contribution in [2.75, 3.05) is 39.4 Å². The second-order valence-electron chi connectivity index (χ2n) is 5.75. The maximum Gasteiger partial charge on any atom is 0.435 e. The van der Waals surface area contributed by atoms with Crippen molar-refractivity contribution >= 4 is 27.4 Å². The molecule has 130 valence electrons. The number of nitrogens with zero attached hydrogens (tertiary/aromatic N) is 3. The highest BCUT2D eigenvalue weighted by molar-refractivity contribution is 9.10. The summed E-state index contributed by atoms with van der Waals surface area (Å²) in [6.45, 7) is 4.04. The lowest BCUT2D eigenvalue weighted by Gasteiger charge is -2.25. The van der Waals surface area contributed by atoms with E-state index in [-0.39, 0.29) is 6.42 Å². The third-order valence-electron chi connectivity index (χ3n) is 4.12. The van der Waals surface area contributed by atoms with Gasteiger partial charge in [-0.2, -0.15) is 13.2 Å². The summed E-state index contributed by atoms with van der Waals surface area (Å²) >= 11 is 3.35. The van der Waals surface area contributed by atoms with Crippen LogP contribution in [0.5, 0.6) is 0 Å². The molecular weight excluding hydrogens is 387 g/mol. The van der Waals surface area contributed by atoms with Gasteiger partial charge in [0.05, 0.1) is 26.2 Å². The Hall–Kier alpha value is -1.25. The zero-order chi connectivity index (χ0) is 17.2. The van der Waals surface area contributed by atoms with E-state index in [1.807, 2.05) is 24.3 Å². The molecule has 4 nitrogen and oxygen atoms in total. The summed E-state index contributed by atoms with van der Waals surface area (Å²) in [6, 6.07) is 7.29. The summed E-state index contributed by atoms with van der Waals surface area (Å²) in [5.41, 5.74) is 0.633. The smallest absolute Gasteiger partial charge is 0.379 e. The highest BCUT2D eigenvalue weighted by atomic mass is 79.9. The van der Waals surface area contributed by atoms with Crippen molar-refractivity contribution in [1.82, 2.24) is 4.90 Å². The monoisotopic (exact) mass is 404 g/mol. The third-order valence-corrected chi connectivity index (χ3v) is 4.65. The zero-order valence-electron chi connectivity index (χ0n) is 13.0. The maximum atomic E-state index is 13.1. The van der Waals surface area contributed by atoms with Crippen LogP contribution < -0.4 is 0 Å². The summed E-state index contributed by atoms with van der Waals surface area (Å²) in [7, 11) is 0. The summed E-state index contributed by atoms with van der Waals surface area (Å²) < 4.78 is 46.9. The molecule has 1 fully saturated rings. The van der Waals surface area contributed by atoms with Crippen LogP contribution in [0.4, 0.5) is 13.2 Å². The van der Waals surface area contributed by atoms with Crippen molar-refractivity contribution in [3.8, 4) is 0 Å². The van der Waals surface area contributed by atoms with Crippen molar-refractivity contribution in [1.29, 1.82) is 0 Å². The van der Waals surface area contributed by atoms with Gasteiger partial charge in [-0.15, -0.1) is 0 Å². The predicted molar refractivity (Wildman–Crippen MR) is 88.7 cm³/mol. The summed E-state index contributed by atoms with van der Waals surface area (Å²) in [5, 5.41) is 3.84. The van der Waals surface area contributed by atoms with E-state index in [1.54, 1.807) is 0 Å². The lowest BCUT2D eigenvalue weighted by Crippen LogP contribution is -2.39. The number of morpholine rings is 1. The van der Waals surface area contributed by atoms with Gasteiger partial charge >= 0.3 is 6.18 Å². The van der Waals surface area contributed by atoms with Gasteiger partial charge in [0.1, 0.15) is 0 Å². The van der Waals surface area contributed by atoms with Crippen LogP contribution in [0.1, 0.15) is 12.0 Å². The van der Waals surface area contributed by atoms with Crippen LogP contribution in [0, 0.1) is 0 Å². The Balaban J connectivity index is 1.79. The number of rotatable bonds is 4. The minimum Gasteiger partial charge on any atom is -0.379 e. The number of ether oxygens (including phenoxy) is 1. The first-order valence-electron chi connectivity index (χ1n) is 7.77. The molecule has 0 bridgehead atoms. The van der Waals surface area contributed by atoms with Gasteiger partial charge in [0.25, 0.3) is 0 Å². The predicted octanol–water partition coefficient (Wildman–Crippen LogP) is 2.90. The average molecular weight is 405 g/mol. The Bertz CT molecular complexity index is 650. The third kappa shape index (κ3) is 4.23. The Kier molecular flexibility index (Phi) is 5.36. The molecule has 8 heteroatoms. The first kappa shape index (κ1) is 17.6. The van der Waals surface area contributed by atoms with E-state index in [0.29, 0.717) is 32.0 Å². The van der Waals surface area contributed by atoms with Crippen molar-refractivity contribution < 1.29 is 22.6 Å². The lowest BCUT2D eigenvalue weighted by atomic mass is 10.1. The number of halogens is 4. The second kappa shape index (κ2) is 7.33. The Morgan fingerprint density at radius 3 is 2.46 bits per heavy atom. The first-order chi connectivity index (χ1) is 11.4. The number of hydrogen-bond donors (Lipinski definition) is 0. The lowest BCUT2D eigenvalue weighted by molar-refractivity contribution is -0.530. The highest BCUT2D eigenvalue weighted by Crippen LogP contribution is 2.25. The Morgan fingerprint density at radius 2 is 1.83 bits per heavy atom. The number of alkyl halides is 3. The molecule has 2 aliphatic heterocycles. The van der Waals surface area contributed by atoms with Crippen LogP contribution >= 0.6 is 15.9 Å². The van der Waals surface area contributed by atoms with Crippen molar-refractivity contribution in [2.45, 2.75) is 12.6 Å². The van der Waals surface area contributed by atoms with Gasteiger partial charge in [-0.05, 0) is 24.3 Å². The molecule has 0 N–H and O–H groups in total. The van der Waals surface area contributed by atoms with Crippen LogP contribution in [0.15, 0.2) is 33.8 Å². The molecule has 2 heterocycles.